The summed E-state index contributed by atoms with van der Waals surface area (Å²) in [5.74, 6) is 0.341. The maximum Gasteiger partial charge on any atom is 0.253 e. The van der Waals surface area contributed by atoms with E-state index in [0.717, 1.165) is 18.8 Å². The van der Waals surface area contributed by atoms with Gasteiger partial charge in [0, 0.05) is 18.9 Å². The van der Waals surface area contributed by atoms with E-state index < -0.39 is 12.0 Å². The molecule has 0 aliphatic carbocycles. The minimum absolute atomic E-state index is 0.282. The lowest BCUT2D eigenvalue weighted by atomic mass is 10.1. The molecular weight excluding hydrogens is 314 g/mol. The highest BCUT2D eigenvalue weighted by atomic mass is 16.3. The summed E-state index contributed by atoms with van der Waals surface area (Å²) in [6.07, 6.45) is 3.34. The summed E-state index contributed by atoms with van der Waals surface area (Å²) in [5.41, 5.74) is 1.83. The summed E-state index contributed by atoms with van der Waals surface area (Å²) in [6, 6.07) is 19.1. The smallest absolute Gasteiger partial charge is 0.253 e. The van der Waals surface area contributed by atoms with Gasteiger partial charge in [-0.15, -0.1) is 0 Å². The predicted octanol–water partition coefficient (Wildman–Crippen LogP) is 2.48. The Labute approximate surface area is 147 Å². The summed E-state index contributed by atoms with van der Waals surface area (Å²) in [4.78, 5) is 16.4. The van der Waals surface area contributed by atoms with Crippen LogP contribution in [-0.4, -0.2) is 20.6 Å². The van der Waals surface area contributed by atoms with Crippen molar-refractivity contribution < 1.29 is 9.90 Å². The van der Waals surface area contributed by atoms with E-state index >= 15 is 0 Å². The summed E-state index contributed by atoms with van der Waals surface area (Å²) >= 11 is 0. The first-order chi connectivity index (χ1) is 12.2. The molecule has 3 aromatic rings. The van der Waals surface area contributed by atoms with Gasteiger partial charge in [-0.1, -0.05) is 60.7 Å². The Bertz CT molecular complexity index is 800. The fourth-order valence-corrected chi connectivity index (χ4v) is 2.65. The van der Waals surface area contributed by atoms with Crippen molar-refractivity contribution in [3.05, 3.63) is 90.0 Å². The molecule has 0 spiro atoms. The molecule has 5 nitrogen and oxygen atoms in total. The first-order valence-corrected chi connectivity index (χ1v) is 8.28. The van der Waals surface area contributed by atoms with Gasteiger partial charge in [-0.25, -0.2) is 4.98 Å². The van der Waals surface area contributed by atoms with Crippen LogP contribution in [0.1, 0.15) is 23.1 Å². The molecule has 0 saturated heterocycles. The van der Waals surface area contributed by atoms with Gasteiger partial charge in [-0.05, 0) is 17.5 Å². The lowest BCUT2D eigenvalue weighted by Crippen LogP contribution is -2.30. The van der Waals surface area contributed by atoms with Crippen molar-refractivity contribution in [2.45, 2.75) is 25.6 Å². The van der Waals surface area contributed by atoms with E-state index in [2.05, 4.69) is 22.4 Å². The highest BCUT2D eigenvalue weighted by Crippen LogP contribution is 2.12. The van der Waals surface area contributed by atoms with Crippen LogP contribution in [0.5, 0.6) is 0 Å². The van der Waals surface area contributed by atoms with Gasteiger partial charge >= 0.3 is 0 Å². The summed E-state index contributed by atoms with van der Waals surface area (Å²) in [7, 11) is 0. The van der Waals surface area contributed by atoms with Crippen LogP contribution in [0, 0.1) is 0 Å². The molecule has 1 aromatic heterocycles. The molecule has 0 aliphatic heterocycles. The molecule has 1 amide bonds. The third kappa shape index (κ3) is 4.55. The monoisotopic (exact) mass is 335 g/mol. The number of carbonyl (C=O) groups is 1. The first kappa shape index (κ1) is 16.9. The summed E-state index contributed by atoms with van der Waals surface area (Å²) < 4.78 is 2.02. The van der Waals surface area contributed by atoms with Crippen molar-refractivity contribution in [1.82, 2.24) is 14.9 Å². The fraction of sp³-hybridized carbons (Fsp3) is 0.200. The number of aromatic nitrogens is 2. The molecule has 25 heavy (non-hydrogen) atoms. The van der Waals surface area contributed by atoms with Gasteiger partial charge in [-0.3, -0.25) is 4.79 Å². The Morgan fingerprint density at radius 3 is 2.48 bits per heavy atom. The van der Waals surface area contributed by atoms with Crippen molar-refractivity contribution in [2.24, 2.45) is 0 Å². The number of rotatable bonds is 7. The molecule has 0 aliphatic rings. The van der Waals surface area contributed by atoms with Crippen LogP contribution < -0.4 is 5.32 Å². The Balaban J connectivity index is 1.55. The molecule has 2 N–H and O–H groups in total. The zero-order valence-corrected chi connectivity index (χ0v) is 13.9. The normalized spacial score (nSPS) is 11.9. The van der Waals surface area contributed by atoms with Crippen molar-refractivity contribution in [1.29, 1.82) is 0 Å². The Kier molecular flexibility index (Phi) is 5.59. The van der Waals surface area contributed by atoms with Gasteiger partial charge in [0.15, 0.2) is 6.10 Å². The second-order valence-electron chi connectivity index (χ2n) is 5.80. The summed E-state index contributed by atoms with van der Waals surface area (Å²) in [6.45, 7) is 1.07. The Hall–Kier alpha value is -2.92. The maximum atomic E-state index is 12.1. The van der Waals surface area contributed by atoms with E-state index in [-0.39, 0.29) is 6.54 Å². The summed E-state index contributed by atoms with van der Waals surface area (Å²) in [5, 5.41) is 12.8. The van der Waals surface area contributed by atoms with Crippen molar-refractivity contribution >= 4 is 5.91 Å². The Morgan fingerprint density at radius 1 is 1.08 bits per heavy atom. The van der Waals surface area contributed by atoms with E-state index in [1.165, 1.54) is 5.56 Å². The molecule has 0 unspecified atom stereocenters. The molecule has 1 atom stereocenters. The highest BCUT2D eigenvalue weighted by Gasteiger charge is 2.17. The van der Waals surface area contributed by atoms with E-state index in [1.54, 1.807) is 30.5 Å². The number of hydrogen-bond acceptors (Lipinski definition) is 3. The standard InChI is InChI=1S/C20H21N3O2/c24-19(17-9-5-2-6-10-17)20(25)22-15-18-21-12-14-23(18)13-11-16-7-3-1-4-8-16/h1-10,12,14,19,24H,11,13,15H2,(H,22,25)/t19-/m0/s1. The second kappa shape index (κ2) is 8.26. The maximum absolute atomic E-state index is 12.1. The molecule has 0 saturated carbocycles. The van der Waals surface area contributed by atoms with Crippen LogP contribution in [-0.2, 0) is 24.3 Å². The van der Waals surface area contributed by atoms with Gasteiger partial charge in [0.25, 0.3) is 5.91 Å². The van der Waals surface area contributed by atoms with E-state index in [4.69, 9.17) is 0 Å². The van der Waals surface area contributed by atoms with Crippen LogP contribution in [0.2, 0.25) is 0 Å². The molecule has 1 heterocycles. The second-order valence-corrected chi connectivity index (χ2v) is 5.80. The molecule has 0 bridgehead atoms. The zero-order valence-electron chi connectivity index (χ0n) is 13.9. The van der Waals surface area contributed by atoms with Crippen LogP contribution in [0.4, 0.5) is 0 Å². The van der Waals surface area contributed by atoms with Gasteiger partial charge in [-0.2, -0.15) is 0 Å². The molecular formula is C20H21N3O2. The molecule has 0 radical (unpaired) electrons. The number of imidazole rings is 1. The number of nitrogens with zero attached hydrogens (tertiary/aromatic N) is 2. The molecule has 128 valence electrons. The fourth-order valence-electron chi connectivity index (χ4n) is 2.65. The number of carbonyl (C=O) groups excluding carboxylic acids is 1. The lowest BCUT2D eigenvalue weighted by molar-refractivity contribution is -0.129. The third-order valence-corrected chi connectivity index (χ3v) is 4.07. The quantitative estimate of drug-likeness (QED) is 0.697. The van der Waals surface area contributed by atoms with Gasteiger partial charge < -0.3 is 15.0 Å². The molecule has 0 fully saturated rings. The zero-order chi connectivity index (χ0) is 17.5. The first-order valence-electron chi connectivity index (χ1n) is 8.28. The number of aliphatic hydroxyl groups is 1. The minimum Gasteiger partial charge on any atom is -0.378 e. The number of aliphatic hydroxyl groups excluding tert-OH is 1. The molecule has 2 aromatic carbocycles. The third-order valence-electron chi connectivity index (χ3n) is 4.07. The van der Waals surface area contributed by atoms with Crippen LogP contribution in [0.25, 0.3) is 0 Å². The van der Waals surface area contributed by atoms with Crippen LogP contribution in [0.15, 0.2) is 73.1 Å². The highest BCUT2D eigenvalue weighted by molar-refractivity contribution is 5.81. The molecule has 3 rings (SSSR count). The van der Waals surface area contributed by atoms with Gasteiger partial charge in [0.05, 0.1) is 6.54 Å². The average Bonchev–Trinajstić information content (AvgIpc) is 3.13. The van der Waals surface area contributed by atoms with Crippen molar-refractivity contribution in [2.75, 3.05) is 0 Å². The van der Waals surface area contributed by atoms with Crippen LogP contribution in [0.3, 0.4) is 0 Å². The van der Waals surface area contributed by atoms with Crippen LogP contribution >= 0.6 is 0 Å². The van der Waals surface area contributed by atoms with Crippen molar-refractivity contribution in [3.8, 4) is 0 Å². The van der Waals surface area contributed by atoms with E-state index in [1.807, 2.05) is 35.0 Å². The molecule has 5 heteroatoms. The predicted molar refractivity (Wildman–Crippen MR) is 95.6 cm³/mol. The van der Waals surface area contributed by atoms with E-state index in [9.17, 15) is 9.90 Å². The largest absolute Gasteiger partial charge is 0.378 e. The SMILES string of the molecule is O=C(NCc1nccn1CCc1ccccc1)[C@@H](O)c1ccccc1. The van der Waals surface area contributed by atoms with Gasteiger partial charge in [0.2, 0.25) is 0 Å². The van der Waals surface area contributed by atoms with Gasteiger partial charge in [0.1, 0.15) is 5.82 Å². The Morgan fingerprint density at radius 2 is 1.76 bits per heavy atom. The number of amides is 1. The minimum atomic E-state index is -1.17. The number of hydrogen-bond donors (Lipinski definition) is 2. The number of benzene rings is 2. The lowest BCUT2D eigenvalue weighted by Gasteiger charge is -2.12. The number of aryl methyl sites for hydroxylation is 2. The number of nitrogens with one attached hydrogen (secondary N) is 1. The van der Waals surface area contributed by atoms with Crippen molar-refractivity contribution in [3.63, 3.8) is 0 Å². The van der Waals surface area contributed by atoms with E-state index in [0.29, 0.717) is 5.56 Å². The average molecular weight is 335 g/mol. The topological polar surface area (TPSA) is 67.2 Å².